The summed E-state index contributed by atoms with van der Waals surface area (Å²) in [5, 5.41) is 0. The summed E-state index contributed by atoms with van der Waals surface area (Å²) in [6, 6.07) is 18.6. The van der Waals surface area contributed by atoms with Gasteiger partial charge in [0.05, 0.1) is 6.26 Å². The summed E-state index contributed by atoms with van der Waals surface area (Å²) in [4.78, 5) is 0. The molecular weight excluding hydrogens is 260 g/mol. The average Bonchev–Trinajstić information content (AvgIpc) is 2.53. The predicted octanol–water partition coefficient (Wildman–Crippen LogP) is 4.64. The molecule has 1 atom stereocenters. The van der Waals surface area contributed by atoms with E-state index in [-0.39, 0.29) is 6.29 Å². The zero-order valence-electron chi connectivity index (χ0n) is 12.3. The lowest BCUT2D eigenvalue weighted by Gasteiger charge is -2.24. The van der Waals surface area contributed by atoms with Crippen LogP contribution in [0.1, 0.15) is 24.0 Å². The van der Waals surface area contributed by atoms with Crippen molar-refractivity contribution in [3.05, 3.63) is 77.6 Å². The van der Waals surface area contributed by atoms with Crippen LogP contribution in [0.3, 0.4) is 0 Å². The average molecular weight is 280 g/mol. The minimum Gasteiger partial charge on any atom is -0.463 e. The fourth-order valence-electron chi connectivity index (χ4n) is 2.45. The molecule has 0 bridgehead atoms. The number of benzene rings is 2. The van der Waals surface area contributed by atoms with Gasteiger partial charge in [-0.05, 0) is 43.0 Å². The van der Waals surface area contributed by atoms with Crippen LogP contribution in [-0.2, 0) is 11.2 Å². The molecule has 1 aliphatic rings. The van der Waals surface area contributed by atoms with Gasteiger partial charge in [-0.1, -0.05) is 48.0 Å². The van der Waals surface area contributed by atoms with Crippen LogP contribution in [0, 0.1) is 6.92 Å². The Morgan fingerprint density at radius 1 is 1.05 bits per heavy atom. The van der Waals surface area contributed by atoms with Gasteiger partial charge in [-0.3, -0.25) is 0 Å². The van der Waals surface area contributed by atoms with E-state index in [0.717, 1.165) is 25.0 Å². The first-order valence-corrected chi connectivity index (χ1v) is 7.40. The Bertz CT molecular complexity index is 599. The summed E-state index contributed by atoms with van der Waals surface area (Å²) < 4.78 is 11.6. The molecule has 2 heteroatoms. The zero-order valence-corrected chi connectivity index (χ0v) is 12.3. The van der Waals surface area contributed by atoms with E-state index in [1.807, 2.05) is 24.5 Å². The second-order valence-electron chi connectivity index (χ2n) is 5.47. The maximum absolute atomic E-state index is 5.84. The molecule has 2 aromatic carbocycles. The van der Waals surface area contributed by atoms with Crippen molar-refractivity contribution in [2.24, 2.45) is 0 Å². The third-order valence-electron chi connectivity index (χ3n) is 3.65. The van der Waals surface area contributed by atoms with Crippen LogP contribution < -0.4 is 4.74 Å². The number of hydrogen-bond donors (Lipinski definition) is 0. The van der Waals surface area contributed by atoms with Gasteiger partial charge in [-0.2, -0.15) is 0 Å². The van der Waals surface area contributed by atoms with E-state index in [9.17, 15) is 0 Å². The number of rotatable bonds is 4. The quantitative estimate of drug-likeness (QED) is 0.812. The summed E-state index contributed by atoms with van der Waals surface area (Å²) in [6.07, 6.45) is 4.57. The van der Waals surface area contributed by atoms with Crippen molar-refractivity contribution in [2.45, 2.75) is 32.5 Å². The van der Waals surface area contributed by atoms with E-state index in [1.165, 1.54) is 16.7 Å². The summed E-state index contributed by atoms with van der Waals surface area (Å²) in [5.41, 5.74) is 3.88. The summed E-state index contributed by atoms with van der Waals surface area (Å²) in [5.74, 6) is 0.866. The Morgan fingerprint density at radius 2 is 1.81 bits per heavy atom. The topological polar surface area (TPSA) is 18.5 Å². The Hall–Kier alpha value is -2.22. The molecule has 0 N–H and O–H groups in total. The number of ether oxygens (including phenoxy) is 2. The van der Waals surface area contributed by atoms with Crippen molar-refractivity contribution in [3.8, 4) is 5.75 Å². The summed E-state index contributed by atoms with van der Waals surface area (Å²) in [7, 11) is 0. The van der Waals surface area contributed by atoms with E-state index in [0.29, 0.717) is 0 Å². The van der Waals surface area contributed by atoms with Crippen molar-refractivity contribution in [3.63, 3.8) is 0 Å². The Balaban J connectivity index is 1.55. The molecule has 0 spiro atoms. The largest absolute Gasteiger partial charge is 0.463 e. The van der Waals surface area contributed by atoms with Gasteiger partial charge < -0.3 is 9.47 Å². The maximum Gasteiger partial charge on any atom is 0.240 e. The van der Waals surface area contributed by atoms with E-state index in [4.69, 9.17) is 9.47 Å². The maximum atomic E-state index is 5.84. The van der Waals surface area contributed by atoms with Gasteiger partial charge in [-0.25, -0.2) is 0 Å². The first kappa shape index (κ1) is 13.7. The minimum atomic E-state index is -0.174. The van der Waals surface area contributed by atoms with Crippen molar-refractivity contribution in [1.82, 2.24) is 0 Å². The molecule has 0 radical (unpaired) electrons. The highest BCUT2D eigenvalue weighted by atomic mass is 16.7. The molecular formula is C19H20O2. The van der Waals surface area contributed by atoms with E-state index in [2.05, 4.69) is 43.3 Å². The van der Waals surface area contributed by atoms with E-state index in [1.54, 1.807) is 0 Å². The molecule has 2 aromatic rings. The number of aryl methyl sites for hydroxylation is 1. The fraction of sp³-hybridized carbons (Fsp3) is 0.263. The smallest absolute Gasteiger partial charge is 0.240 e. The van der Waals surface area contributed by atoms with Gasteiger partial charge in [-0.15, -0.1) is 0 Å². The molecule has 0 aromatic heterocycles. The highest BCUT2D eigenvalue weighted by Crippen LogP contribution is 2.23. The second kappa shape index (κ2) is 6.49. The molecule has 1 heterocycles. The Labute approximate surface area is 126 Å². The van der Waals surface area contributed by atoms with E-state index < -0.39 is 0 Å². The molecule has 0 fully saturated rings. The first-order chi connectivity index (χ1) is 10.3. The second-order valence-corrected chi connectivity index (χ2v) is 5.47. The highest BCUT2D eigenvalue weighted by molar-refractivity contribution is 5.26. The van der Waals surface area contributed by atoms with Crippen molar-refractivity contribution < 1.29 is 9.47 Å². The monoisotopic (exact) mass is 280 g/mol. The molecule has 21 heavy (non-hydrogen) atoms. The molecule has 2 nitrogen and oxygen atoms in total. The van der Waals surface area contributed by atoms with Gasteiger partial charge >= 0.3 is 0 Å². The third kappa shape index (κ3) is 3.88. The van der Waals surface area contributed by atoms with E-state index >= 15 is 0 Å². The molecule has 1 unspecified atom stereocenters. The standard InChI is InChI=1S/C19H20O2/c1-15-7-10-18(11-8-15)21-19-12-9-17(14-20-19)13-16-5-3-2-4-6-16/h2-8,10-11,14,19H,9,12-13H2,1H3. The summed E-state index contributed by atoms with van der Waals surface area (Å²) >= 11 is 0. The first-order valence-electron chi connectivity index (χ1n) is 7.40. The molecule has 1 aliphatic heterocycles. The zero-order chi connectivity index (χ0) is 14.5. The van der Waals surface area contributed by atoms with Crippen LogP contribution >= 0.6 is 0 Å². The lowest BCUT2D eigenvalue weighted by molar-refractivity contribution is -0.0441. The highest BCUT2D eigenvalue weighted by Gasteiger charge is 2.17. The summed E-state index contributed by atoms with van der Waals surface area (Å²) in [6.45, 7) is 2.07. The molecule has 108 valence electrons. The van der Waals surface area contributed by atoms with Crippen LogP contribution in [-0.4, -0.2) is 6.29 Å². The third-order valence-corrected chi connectivity index (χ3v) is 3.65. The van der Waals surface area contributed by atoms with Crippen LogP contribution in [0.15, 0.2) is 66.4 Å². The fourth-order valence-corrected chi connectivity index (χ4v) is 2.45. The SMILES string of the molecule is Cc1ccc(OC2CCC(Cc3ccccc3)=CO2)cc1. The Kier molecular flexibility index (Phi) is 4.25. The normalized spacial score (nSPS) is 17.8. The van der Waals surface area contributed by atoms with Crippen molar-refractivity contribution >= 4 is 0 Å². The van der Waals surface area contributed by atoms with Gasteiger partial charge in [0.1, 0.15) is 5.75 Å². The van der Waals surface area contributed by atoms with Crippen LogP contribution in [0.5, 0.6) is 5.75 Å². The molecule has 0 saturated carbocycles. The van der Waals surface area contributed by atoms with Crippen LogP contribution in [0.4, 0.5) is 0 Å². The Morgan fingerprint density at radius 3 is 2.48 bits per heavy atom. The van der Waals surface area contributed by atoms with Gasteiger partial charge in [0.25, 0.3) is 0 Å². The molecule has 3 rings (SSSR count). The lowest BCUT2D eigenvalue weighted by Crippen LogP contribution is -2.22. The van der Waals surface area contributed by atoms with Crippen molar-refractivity contribution in [2.75, 3.05) is 0 Å². The van der Waals surface area contributed by atoms with Crippen LogP contribution in [0.2, 0.25) is 0 Å². The lowest BCUT2D eigenvalue weighted by atomic mass is 10.0. The molecule has 0 aliphatic carbocycles. The number of allylic oxidation sites excluding steroid dienone is 1. The van der Waals surface area contributed by atoms with Crippen molar-refractivity contribution in [1.29, 1.82) is 0 Å². The minimum absolute atomic E-state index is 0.174. The number of hydrogen-bond acceptors (Lipinski definition) is 2. The van der Waals surface area contributed by atoms with Crippen LogP contribution in [0.25, 0.3) is 0 Å². The predicted molar refractivity (Wildman–Crippen MR) is 84.1 cm³/mol. The van der Waals surface area contributed by atoms with Gasteiger partial charge in [0.2, 0.25) is 6.29 Å². The van der Waals surface area contributed by atoms with Gasteiger partial charge in [0, 0.05) is 6.42 Å². The molecule has 0 saturated heterocycles. The molecule has 0 amide bonds. The van der Waals surface area contributed by atoms with Gasteiger partial charge in [0.15, 0.2) is 0 Å².